The van der Waals surface area contributed by atoms with Crippen molar-refractivity contribution < 1.29 is 18.0 Å². The van der Waals surface area contributed by atoms with Crippen LogP contribution >= 0.6 is 11.6 Å². The summed E-state index contributed by atoms with van der Waals surface area (Å²) in [5.74, 6) is -0.146. The second-order valence-electron chi connectivity index (χ2n) is 9.83. The molecular formula is C28H40ClN3O4S. The van der Waals surface area contributed by atoms with Gasteiger partial charge in [0.15, 0.2) is 0 Å². The van der Waals surface area contributed by atoms with E-state index in [1.165, 1.54) is 10.6 Å². The van der Waals surface area contributed by atoms with Crippen molar-refractivity contribution in [1.29, 1.82) is 0 Å². The van der Waals surface area contributed by atoms with Gasteiger partial charge in [-0.1, -0.05) is 62.7 Å². The predicted molar refractivity (Wildman–Crippen MR) is 151 cm³/mol. The molecule has 37 heavy (non-hydrogen) atoms. The Morgan fingerprint density at radius 2 is 1.73 bits per heavy atom. The first-order chi connectivity index (χ1) is 17.4. The maximum absolute atomic E-state index is 13.5. The fraction of sp³-hybridized carbons (Fsp3) is 0.500. The molecule has 0 unspecified atom stereocenters. The lowest BCUT2D eigenvalue weighted by molar-refractivity contribution is -0.141. The Morgan fingerprint density at radius 1 is 1.05 bits per heavy atom. The van der Waals surface area contributed by atoms with Gasteiger partial charge in [-0.25, -0.2) is 8.42 Å². The van der Waals surface area contributed by atoms with Gasteiger partial charge < -0.3 is 10.2 Å². The summed E-state index contributed by atoms with van der Waals surface area (Å²) < 4.78 is 26.6. The standard InChI is InChI=1S/C28H40ClN3O4S/c1-7-25(28(34)30-18-20(2)3)31(19-23-13-8-9-14-24(23)29)27(33)16-11-17-32(37(6,35)36)26-15-10-12-21(4)22(26)5/h8-10,12-15,20,25H,7,11,16-19H2,1-6H3,(H,30,34)/t25-/m1/s1. The third-order valence-corrected chi connectivity index (χ3v) is 7.91. The molecule has 0 aliphatic rings. The van der Waals surface area contributed by atoms with Crippen LogP contribution in [0.25, 0.3) is 0 Å². The van der Waals surface area contributed by atoms with Gasteiger partial charge in [-0.2, -0.15) is 0 Å². The number of halogens is 1. The first-order valence-corrected chi connectivity index (χ1v) is 14.9. The molecule has 0 spiro atoms. The fourth-order valence-corrected chi connectivity index (χ4v) is 5.35. The SMILES string of the molecule is CC[C@H](C(=O)NCC(C)C)N(Cc1ccccc1Cl)C(=O)CCCN(c1cccc(C)c1C)S(C)(=O)=O. The quantitative estimate of drug-likeness (QED) is 0.377. The largest absolute Gasteiger partial charge is 0.354 e. The Morgan fingerprint density at radius 3 is 2.32 bits per heavy atom. The van der Waals surface area contributed by atoms with Gasteiger partial charge in [0.25, 0.3) is 0 Å². The molecule has 0 fully saturated rings. The van der Waals surface area contributed by atoms with E-state index < -0.39 is 16.1 Å². The number of sulfonamides is 1. The summed E-state index contributed by atoms with van der Waals surface area (Å²) in [6.07, 6.45) is 2.02. The summed E-state index contributed by atoms with van der Waals surface area (Å²) in [6, 6.07) is 12.1. The van der Waals surface area contributed by atoms with Crippen molar-refractivity contribution in [3.8, 4) is 0 Å². The molecule has 2 aromatic rings. The number of carbonyl (C=O) groups is 2. The van der Waals surface area contributed by atoms with E-state index in [-0.39, 0.29) is 37.2 Å². The number of nitrogens with zero attached hydrogens (tertiary/aromatic N) is 2. The Labute approximate surface area is 227 Å². The zero-order valence-electron chi connectivity index (χ0n) is 22.8. The van der Waals surface area contributed by atoms with Crippen molar-refractivity contribution in [3.63, 3.8) is 0 Å². The van der Waals surface area contributed by atoms with E-state index >= 15 is 0 Å². The summed E-state index contributed by atoms with van der Waals surface area (Å²) in [6.45, 7) is 10.6. The number of nitrogens with one attached hydrogen (secondary N) is 1. The number of rotatable bonds is 13. The molecule has 0 aliphatic heterocycles. The Balaban J connectivity index is 2.26. The highest BCUT2D eigenvalue weighted by molar-refractivity contribution is 7.92. The van der Waals surface area contributed by atoms with Crippen molar-refractivity contribution in [2.75, 3.05) is 23.7 Å². The average Bonchev–Trinajstić information content (AvgIpc) is 2.82. The number of amides is 2. The van der Waals surface area contributed by atoms with Gasteiger partial charge in [0, 0.05) is 31.1 Å². The second kappa shape index (κ2) is 13.8. The molecule has 2 amide bonds. The van der Waals surface area contributed by atoms with Crippen LogP contribution in [0.5, 0.6) is 0 Å². The summed E-state index contributed by atoms with van der Waals surface area (Å²) in [5.41, 5.74) is 3.24. The zero-order valence-corrected chi connectivity index (χ0v) is 24.3. The van der Waals surface area contributed by atoms with Crippen LogP contribution < -0.4 is 9.62 Å². The molecule has 1 atom stereocenters. The van der Waals surface area contributed by atoms with Gasteiger partial charge in [0.2, 0.25) is 21.8 Å². The molecule has 2 rings (SSSR count). The van der Waals surface area contributed by atoms with Crippen LogP contribution in [-0.4, -0.2) is 50.5 Å². The van der Waals surface area contributed by atoms with Gasteiger partial charge >= 0.3 is 0 Å². The minimum Gasteiger partial charge on any atom is -0.354 e. The Kier molecular flexibility index (Phi) is 11.4. The molecule has 0 aromatic heterocycles. The molecule has 0 saturated carbocycles. The van der Waals surface area contributed by atoms with E-state index in [0.717, 1.165) is 16.7 Å². The third kappa shape index (κ3) is 8.75. The van der Waals surface area contributed by atoms with Crippen LogP contribution in [0, 0.1) is 19.8 Å². The summed E-state index contributed by atoms with van der Waals surface area (Å²) >= 11 is 6.38. The smallest absolute Gasteiger partial charge is 0.242 e. The lowest BCUT2D eigenvalue weighted by atomic mass is 10.1. The maximum Gasteiger partial charge on any atom is 0.242 e. The van der Waals surface area contributed by atoms with Crippen LogP contribution in [0.15, 0.2) is 42.5 Å². The molecule has 1 N–H and O–H groups in total. The van der Waals surface area contributed by atoms with E-state index in [4.69, 9.17) is 11.6 Å². The van der Waals surface area contributed by atoms with Crippen molar-refractivity contribution in [2.24, 2.45) is 5.92 Å². The van der Waals surface area contributed by atoms with Crippen LogP contribution in [0.2, 0.25) is 5.02 Å². The first-order valence-electron chi connectivity index (χ1n) is 12.7. The van der Waals surface area contributed by atoms with Gasteiger partial charge in [0.05, 0.1) is 11.9 Å². The van der Waals surface area contributed by atoms with Crippen LogP contribution in [-0.2, 0) is 26.2 Å². The summed E-state index contributed by atoms with van der Waals surface area (Å²) in [7, 11) is -3.55. The number of benzene rings is 2. The van der Waals surface area contributed by atoms with E-state index in [1.54, 1.807) is 17.0 Å². The lowest BCUT2D eigenvalue weighted by Gasteiger charge is -2.31. The molecule has 0 bridgehead atoms. The van der Waals surface area contributed by atoms with Crippen molar-refractivity contribution >= 4 is 39.1 Å². The highest BCUT2D eigenvalue weighted by atomic mass is 35.5. The van der Waals surface area contributed by atoms with Crippen LogP contribution in [0.1, 0.15) is 56.7 Å². The molecule has 0 heterocycles. The normalized spacial score (nSPS) is 12.3. The molecule has 2 aromatic carbocycles. The maximum atomic E-state index is 13.5. The predicted octanol–water partition coefficient (Wildman–Crippen LogP) is 5.08. The van der Waals surface area contributed by atoms with E-state index in [1.807, 2.05) is 65.0 Å². The number of hydrogen-bond donors (Lipinski definition) is 1. The fourth-order valence-electron chi connectivity index (χ4n) is 4.14. The van der Waals surface area contributed by atoms with E-state index in [2.05, 4.69) is 5.32 Å². The van der Waals surface area contributed by atoms with Crippen molar-refractivity contribution in [1.82, 2.24) is 10.2 Å². The molecule has 9 heteroatoms. The average molecular weight is 550 g/mol. The Bertz CT molecular complexity index is 1180. The number of hydrogen-bond acceptors (Lipinski definition) is 4. The second-order valence-corrected chi connectivity index (χ2v) is 12.1. The first kappa shape index (κ1) is 30.6. The monoisotopic (exact) mass is 549 g/mol. The van der Waals surface area contributed by atoms with Crippen LogP contribution in [0.4, 0.5) is 5.69 Å². The molecule has 0 saturated heterocycles. The molecule has 7 nitrogen and oxygen atoms in total. The minimum absolute atomic E-state index is 0.0926. The van der Waals surface area contributed by atoms with Crippen molar-refractivity contribution in [2.45, 2.75) is 66.5 Å². The zero-order chi connectivity index (χ0) is 27.8. The molecule has 0 aliphatic carbocycles. The van der Waals surface area contributed by atoms with E-state index in [9.17, 15) is 18.0 Å². The third-order valence-electron chi connectivity index (χ3n) is 6.37. The topological polar surface area (TPSA) is 86.8 Å². The number of anilines is 1. The molecule has 0 radical (unpaired) electrons. The minimum atomic E-state index is -3.55. The van der Waals surface area contributed by atoms with Gasteiger partial charge in [-0.15, -0.1) is 0 Å². The highest BCUT2D eigenvalue weighted by Gasteiger charge is 2.29. The summed E-state index contributed by atoms with van der Waals surface area (Å²) in [4.78, 5) is 28.1. The Hall–Kier alpha value is -2.58. The van der Waals surface area contributed by atoms with E-state index in [0.29, 0.717) is 30.1 Å². The number of carbonyl (C=O) groups excluding carboxylic acids is 2. The highest BCUT2D eigenvalue weighted by Crippen LogP contribution is 2.26. The summed E-state index contributed by atoms with van der Waals surface area (Å²) in [5, 5.41) is 3.47. The van der Waals surface area contributed by atoms with Gasteiger partial charge in [-0.05, 0) is 61.4 Å². The molecule has 204 valence electrons. The van der Waals surface area contributed by atoms with Crippen LogP contribution in [0.3, 0.4) is 0 Å². The molecular weight excluding hydrogens is 510 g/mol. The van der Waals surface area contributed by atoms with Crippen molar-refractivity contribution in [3.05, 3.63) is 64.2 Å². The number of aryl methyl sites for hydroxylation is 1. The van der Waals surface area contributed by atoms with Gasteiger partial charge in [0.1, 0.15) is 6.04 Å². The lowest BCUT2D eigenvalue weighted by Crippen LogP contribution is -2.49. The van der Waals surface area contributed by atoms with Gasteiger partial charge in [-0.3, -0.25) is 13.9 Å².